The highest BCUT2D eigenvalue weighted by atomic mass is 16.6. The maximum absolute atomic E-state index is 13.3. The summed E-state index contributed by atoms with van der Waals surface area (Å²) in [6.45, 7) is 1.84. The minimum Gasteiger partial charge on any atom is -0.457 e. The van der Waals surface area contributed by atoms with Crippen molar-refractivity contribution in [2.24, 2.45) is 0 Å². The van der Waals surface area contributed by atoms with E-state index in [1.54, 1.807) is 55.5 Å². The van der Waals surface area contributed by atoms with Gasteiger partial charge in [0.15, 0.2) is 0 Å². The molecule has 1 fully saturated rings. The number of nitro benzene ring substituents is 1. The number of methoxy groups -OCH3 is 1. The van der Waals surface area contributed by atoms with Gasteiger partial charge < -0.3 is 9.15 Å². The third-order valence-corrected chi connectivity index (χ3v) is 5.48. The lowest BCUT2D eigenvalue weighted by Gasteiger charge is -2.33. The molecule has 3 aromatic rings. The van der Waals surface area contributed by atoms with Crippen LogP contribution in [0, 0.1) is 17.0 Å². The molecule has 1 aliphatic rings. The zero-order chi connectivity index (χ0) is 25.1. The van der Waals surface area contributed by atoms with E-state index in [0.717, 1.165) is 15.4 Å². The first kappa shape index (κ1) is 23.6. The van der Waals surface area contributed by atoms with Gasteiger partial charge in [0.1, 0.15) is 17.1 Å². The first-order valence-corrected chi connectivity index (χ1v) is 10.6. The second-order valence-electron chi connectivity index (χ2n) is 7.72. The number of non-ortho nitro benzene ring substituents is 1. The van der Waals surface area contributed by atoms with Crippen LogP contribution in [0.2, 0.25) is 0 Å². The van der Waals surface area contributed by atoms with Gasteiger partial charge in [-0.25, -0.2) is 9.69 Å². The Morgan fingerprint density at radius 2 is 1.77 bits per heavy atom. The van der Waals surface area contributed by atoms with Gasteiger partial charge in [-0.3, -0.25) is 24.6 Å². The lowest BCUT2D eigenvalue weighted by Crippen LogP contribution is -2.57. The lowest BCUT2D eigenvalue weighted by atomic mass is 10.1. The van der Waals surface area contributed by atoms with Gasteiger partial charge in [0.05, 0.1) is 23.8 Å². The topological polar surface area (TPSA) is 123 Å². The van der Waals surface area contributed by atoms with Crippen LogP contribution in [0.1, 0.15) is 11.3 Å². The molecule has 4 amide bonds. The number of ether oxygens (including phenoxy) is 1. The van der Waals surface area contributed by atoms with Crippen LogP contribution in [0.3, 0.4) is 0 Å². The molecular weight excluding hydrogens is 454 g/mol. The van der Waals surface area contributed by atoms with Crippen molar-refractivity contribution in [2.45, 2.75) is 6.92 Å². The summed E-state index contributed by atoms with van der Waals surface area (Å²) in [5.74, 6) is -1.05. The first-order chi connectivity index (χ1) is 16.8. The molecule has 0 spiro atoms. The van der Waals surface area contributed by atoms with E-state index in [2.05, 4.69) is 0 Å². The van der Waals surface area contributed by atoms with E-state index in [-0.39, 0.29) is 30.2 Å². The molecule has 2 aromatic carbocycles. The summed E-state index contributed by atoms with van der Waals surface area (Å²) < 4.78 is 10.8. The number of urea groups is 1. The lowest BCUT2D eigenvalue weighted by molar-refractivity contribution is -0.384. The van der Waals surface area contributed by atoms with Crippen LogP contribution < -0.4 is 4.90 Å². The Balaban J connectivity index is 1.74. The largest absolute Gasteiger partial charge is 0.457 e. The van der Waals surface area contributed by atoms with Crippen molar-refractivity contribution in [3.8, 4) is 11.3 Å². The van der Waals surface area contributed by atoms with Crippen LogP contribution >= 0.6 is 0 Å². The molecule has 35 heavy (non-hydrogen) atoms. The highest BCUT2D eigenvalue weighted by Gasteiger charge is 2.42. The van der Waals surface area contributed by atoms with Crippen molar-refractivity contribution in [1.82, 2.24) is 4.90 Å². The predicted octanol–water partition coefficient (Wildman–Crippen LogP) is 4.19. The molecule has 1 saturated heterocycles. The molecular formula is C25H21N3O7. The summed E-state index contributed by atoms with van der Waals surface area (Å²) in [6.07, 6.45) is 1.27. The van der Waals surface area contributed by atoms with Crippen LogP contribution in [0.4, 0.5) is 16.2 Å². The Morgan fingerprint density at radius 1 is 1.03 bits per heavy atom. The van der Waals surface area contributed by atoms with Gasteiger partial charge in [0.2, 0.25) is 0 Å². The van der Waals surface area contributed by atoms with Crippen molar-refractivity contribution in [3.05, 3.63) is 87.7 Å². The Bertz CT molecular complexity index is 1340. The van der Waals surface area contributed by atoms with Gasteiger partial charge in [-0.05, 0) is 42.8 Å². The van der Waals surface area contributed by atoms with E-state index in [4.69, 9.17) is 9.15 Å². The minimum atomic E-state index is -0.788. The standard InChI is InChI=1S/C25H21N3O7/c1-16-8-9-18(28(32)33)14-20(16)22-11-10-19(35-22)15-21-23(29)26(12-13-34-2)25(31)27(24(21)30)17-6-4-3-5-7-17/h3-11,14-15H,12-13H2,1-2H3/b21-15-. The van der Waals surface area contributed by atoms with E-state index in [0.29, 0.717) is 17.0 Å². The number of para-hydroxylation sites is 1. The fraction of sp³-hybridized carbons (Fsp3) is 0.160. The van der Waals surface area contributed by atoms with Gasteiger partial charge in [0, 0.05) is 24.8 Å². The molecule has 1 aliphatic heterocycles. The molecule has 1 aromatic heterocycles. The van der Waals surface area contributed by atoms with Crippen molar-refractivity contribution < 1.29 is 28.5 Å². The number of rotatable bonds is 7. The molecule has 2 heterocycles. The summed E-state index contributed by atoms with van der Waals surface area (Å²) in [6, 6.07) is 15.0. The van der Waals surface area contributed by atoms with Gasteiger partial charge in [-0.1, -0.05) is 24.3 Å². The quantitative estimate of drug-likeness (QED) is 0.217. The fourth-order valence-corrected chi connectivity index (χ4v) is 3.67. The van der Waals surface area contributed by atoms with E-state index in [9.17, 15) is 24.5 Å². The number of barbiturate groups is 1. The van der Waals surface area contributed by atoms with Crippen LogP contribution in [0.25, 0.3) is 17.4 Å². The summed E-state index contributed by atoms with van der Waals surface area (Å²) in [5, 5.41) is 11.2. The first-order valence-electron chi connectivity index (χ1n) is 10.6. The monoisotopic (exact) mass is 475 g/mol. The molecule has 4 rings (SSSR count). The van der Waals surface area contributed by atoms with Gasteiger partial charge in [-0.15, -0.1) is 0 Å². The Labute approximate surface area is 200 Å². The Morgan fingerprint density at radius 3 is 2.46 bits per heavy atom. The molecule has 0 aliphatic carbocycles. The van der Waals surface area contributed by atoms with E-state index >= 15 is 0 Å². The number of hydrogen-bond donors (Lipinski definition) is 0. The van der Waals surface area contributed by atoms with Crippen LogP contribution in [0.15, 0.2) is 70.7 Å². The van der Waals surface area contributed by atoms with Crippen molar-refractivity contribution in [1.29, 1.82) is 0 Å². The summed E-state index contributed by atoms with van der Waals surface area (Å²) in [4.78, 5) is 51.9. The van der Waals surface area contributed by atoms with E-state index in [1.165, 1.54) is 25.3 Å². The smallest absolute Gasteiger partial charge is 0.338 e. The number of imide groups is 2. The number of furan rings is 1. The predicted molar refractivity (Wildman–Crippen MR) is 126 cm³/mol. The van der Waals surface area contributed by atoms with E-state index in [1.807, 2.05) is 0 Å². The Kier molecular flexibility index (Phi) is 6.56. The third-order valence-electron chi connectivity index (χ3n) is 5.48. The van der Waals surface area contributed by atoms with Crippen molar-refractivity contribution in [3.63, 3.8) is 0 Å². The number of carbonyl (C=O) groups is 3. The number of anilines is 1. The van der Waals surface area contributed by atoms with Crippen LogP contribution in [-0.2, 0) is 14.3 Å². The fourth-order valence-electron chi connectivity index (χ4n) is 3.67. The minimum absolute atomic E-state index is 0.0433. The van der Waals surface area contributed by atoms with Crippen molar-refractivity contribution >= 4 is 35.3 Å². The molecule has 10 heteroatoms. The number of carbonyl (C=O) groups excluding carboxylic acids is 3. The Hall–Kier alpha value is -4.57. The maximum Gasteiger partial charge on any atom is 0.338 e. The number of nitrogens with zero attached hydrogens (tertiary/aromatic N) is 3. The average Bonchev–Trinajstić information content (AvgIpc) is 3.31. The van der Waals surface area contributed by atoms with E-state index < -0.39 is 22.8 Å². The summed E-state index contributed by atoms with van der Waals surface area (Å²) in [7, 11) is 1.44. The number of aryl methyl sites for hydroxylation is 1. The SMILES string of the molecule is COCCN1C(=O)/C(=C/c2ccc(-c3cc([N+](=O)[O-])ccc3C)o2)C(=O)N(c2ccccc2)C1=O. The molecule has 0 radical (unpaired) electrons. The van der Waals surface area contributed by atoms with Gasteiger partial charge in [-0.2, -0.15) is 0 Å². The highest BCUT2D eigenvalue weighted by Crippen LogP contribution is 2.31. The average molecular weight is 475 g/mol. The number of amides is 4. The molecule has 0 atom stereocenters. The molecule has 10 nitrogen and oxygen atoms in total. The molecule has 178 valence electrons. The highest BCUT2D eigenvalue weighted by molar-refractivity contribution is 6.39. The molecule has 0 bridgehead atoms. The molecule has 0 N–H and O–H groups in total. The number of nitro groups is 1. The summed E-state index contributed by atoms with van der Waals surface area (Å²) >= 11 is 0. The van der Waals surface area contributed by atoms with Crippen molar-refractivity contribution in [2.75, 3.05) is 25.2 Å². The zero-order valence-corrected chi connectivity index (χ0v) is 19.0. The molecule has 0 saturated carbocycles. The second kappa shape index (κ2) is 9.74. The zero-order valence-electron chi connectivity index (χ0n) is 19.0. The van der Waals surface area contributed by atoms with Crippen LogP contribution in [-0.4, -0.2) is 47.9 Å². The van der Waals surface area contributed by atoms with Gasteiger partial charge >= 0.3 is 6.03 Å². The van der Waals surface area contributed by atoms with Crippen LogP contribution in [0.5, 0.6) is 0 Å². The number of benzene rings is 2. The molecule has 0 unspecified atom stereocenters. The maximum atomic E-state index is 13.3. The number of hydrogen-bond acceptors (Lipinski definition) is 7. The third kappa shape index (κ3) is 4.59. The van der Waals surface area contributed by atoms with Gasteiger partial charge in [0.25, 0.3) is 17.5 Å². The second-order valence-corrected chi connectivity index (χ2v) is 7.72. The normalized spacial score (nSPS) is 15.3. The summed E-state index contributed by atoms with van der Waals surface area (Å²) in [5.41, 5.74) is 1.22.